The van der Waals surface area contributed by atoms with Gasteiger partial charge in [0.1, 0.15) is 16.9 Å². The first-order valence-electron chi connectivity index (χ1n) is 9.63. The fraction of sp³-hybridized carbons (Fsp3) is 0.0833. The third kappa shape index (κ3) is 3.19. The summed E-state index contributed by atoms with van der Waals surface area (Å²) in [6, 6.07) is 23.7. The maximum absolute atomic E-state index is 13.5. The van der Waals surface area contributed by atoms with Crippen LogP contribution in [0.5, 0.6) is 0 Å². The van der Waals surface area contributed by atoms with Gasteiger partial charge in [0, 0.05) is 16.2 Å². The van der Waals surface area contributed by atoms with Gasteiger partial charge in [-0.3, -0.25) is 9.36 Å². The summed E-state index contributed by atoms with van der Waals surface area (Å²) < 4.78 is 15.1. The van der Waals surface area contributed by atoms with Gasteiger partial charge in [-0.05, 0) is 42.8 Å². The topological polar surface area (TPSA) is 50.7 Å². The number of thioether (sulfide) groups is 1. The normalized spacial score (nSPS) is 12.5. The van der Waals surface area contributed by atoms with Crippen LogP contribution in [-0.2, 0) is 0 Å². The van der Waals surface area contributed by atoms with E-state index >= 15 is 0 Å². The van der Waals surface area contributed by atoms with Crippen molar-refractivity contribution in [2.45, 2.75) is 17.3 Å². The van der Waals surface area contributed by atoms with Crippen molar-refractivity contribution in [3.63, 3.8) is 0 Å². The molecule has 0 aliphatic carbocycles. The highest BCUT2D eigenvalue weighted by Gasteiger charge is 2.19. The van der Waals surface area contributed by atoms with Crippen LogP contribution < -0.4 is 5.56 Å². The maximum Gasteiger partial charge on any atom is 0.283 e. The fourth-order valence-corrected chi connectivity index (χ4v) is 4.64. The van der Waals surface area contributed by atoms with Crippen LogP contribution in [0, 0.1) is 5.82 Å². The first-order chi connectivity index (χ1) is 14.6. The van der Waals surface area contributed by atoms with Gasteiger partial charge in [0.15, 0.2) is 5.16 Å². The quantitative estimate of drug-likeness (QED) is 0.295. The van der Waals surface area contributed by atoms with Crippen LogP contribution in [0.15, 0.2) is 88.8 Å². The van der Waals surface area contributed by atoms with Gasteiger partial charge in [-0.2, -0.15) is 0 Å². The Hall–Kier alpha value is -3.38. The van der Waals surface area contributed by atoms with Crippen LogP contribution in [0.2, 0.25) is 0 Å². The first kappa shape index (κ1) is 18.6. The number of nitrogens with one attached hydrogen (secondary N) is 1. The van der Waals surface area contributed by atoms with Crippen LogP contribution in [0.25, 0.3) is 27.6 Å². The first-order valence-corrected chi connectivity index (χ1v) is 10.5. The van der Waals surface area contributed by atoms with E-state index in [2.05, 4.69) is 24.0 Å². The van der Waals surface area contributed by atoms with Crippen molar-refractivity contribution in [1.29, 1.82) is 0 Å². The Morgan fingerprint density at radius 2 is 1.67 bits per heavy atom. The van der Waals surface area contributed by atoms with E-state index in [0.717, 1.165) is 16.5 Å². The number of nitrogens with zero attached hydrogens (tertiary/aromatic N) is 2. The van der Waals surface area contributed by atoms with Crippen molar-refractivity contribution < 1.29 is 4.39 Å². The van der Waals surface area contributed by atoms with E-state index in [-0.39, 0.29) is 16.6 Å². The van der Waals surface area contributed by atoms with Crippen molar-refractivity contribution in [2.75, 3.05) is 0 Å². The van der Waals surface area contributed by atoms with Gasteiger partial charge in [0.05, 0.1) is 5.69 Å². The standard InChI is InChI=1S/C24H18FN3OS/c1-15(16-7-3-2-4-8-16)30-24-27-21-19-9-5-6-10-20(19)26-22(21)23(29)28(24)18-13-11-17(25)12-14-18/h2-15,26H,1H3/t15-/m1/s1. The van der Waals surface area contributed by atoms with Gasteiger partial charge in [0.25, 0.3) is 5.56 Å². The number of rotatable bonds is 4. The predicted molar refractivity (Wildman–Crippen MR) is 120 cm³/mol. The highest BCUT2D eigenvalue weighted by atomic mass is 32.2. The van der Waals surface area contributed by atoms with Crippen LogP contribution >= 0.6 is 11.8 Å². The minimum Gasteiger partial charge on any atom is -0.349 e. The molecular weight excluding hydrogens is 397 g/mol. The van der Waals surface area contributed by atoms with Gasteiger partial charge >= 0.3 is 0 Å². The number of fused-ring (bicyclic) bond motifs is 3. The lowest BCUT2D eigenvalue weighted by atomic mass is 10.2. The highest BCUT2D eigenvalue weighted by molar-refractivity contribution is 7.99. The number of aromatic amines is 1. The smallest absolute Gasteiger partial charge is 0.283 e. The number of hydrogen-bond donors (Lipinski definition) is 1. The zero-order chi connectivity index (χ0) is 20.7. The number of H-pyrrole nitrogens is 1. The van der Waals surface area contributed by atoms with E-state index in [1.165, 1.54) is 23.9 Å². The Morgan fingerprint density at radius 1 is 0.967 bits per heavy atom. The van der Waals surface area contributed by atoms with E-state index < -0.39 is 0 Å². The van der Waals surface area contributed by atoms with E-state index in [0.29, 0.717) is 21.9 Å². The molecule has 0 saturated carbocycles. The van der Waals surface area contributed by atoms with Crippen LogP contribution in [0.3, 0.4) is 0 Å². The molecule has 5 aromatic rings. The lowest BCUT2D eigenvalue weighted by Crippen LogP contribution is -2.22. The summed E-state index contributed by atoms with van der Waals surface area (Å²) in [7, 11) is 0. The summed E-state index contributed by atoms with van der Waals surface area (Å²) in [6.07, 6.45) is 0. The molecule has 0 fully saturated rings. The fourth-order valence-electron chi connectivity index (χ4n) is 3.59. The lowest BCUT2D eigenvalue weighted by Gasteiger charge is -2.16. The Morgan fingerprint density at radius 3 is 2.43 bits per heavy atom. The van der Waals surface area contributed by atoms with E-state index in [9.17, 15) is 9.18 Å². The van der Waals surface area contributed by atoms with E-state index in [4.69, 9.17) is 4.98 Å². The van der Waals surface area contributed by atoms with Crippen molar-refractivity contribution in [1.82, 2.24) is 14.5 Å². The van der Waals surface area contributed by atoms with E-state index in [1.807, 2.05) is 42.5 Å². The lowest BCUT2D eigenvalue weighted by molar-refractivity contribution is 0.627. The summed E-state index contributed by atoms with van der Waals surface area (Å²) in [5, 5.41) is 1.55. The van der Waals surface area contributed by atoms with Crippen molar-refractivity contribution >= 4 is 33.7 Å². The molecule has 2 aromatic heterocycles. The number of para-hydroxylation sites is 1. The van der Waals surface area contributed by atoms with Gasteiger partial charge in [-0.25, -0.2) is 9.37 Å². The molecule has 4 nitrogen and oxygen atoms in total. The van der Waals surface area contributed by atoms with Gasteiger partial charge in [-0.15, -0.1) is 0 Å². The molecule has 0 unspecified atom stereocenters. The summed E-state index contributed by atoms with van der Waals surface area (Å²) in [4.78, 5) is 21.6. The van der Waals surface area contributed by atoms with Crippen LogP contribution in [-0.4, -0.2) is 14.5 Å². The number of benzene rings is 3. The van der Waals surface area contributed by atoms with Crippen molar-refractivity contribution in [3.05, 3.63) is 101 Å². The molecule has 2 heterocycles. The van der Waals surface area contributed by atoms with Gasteiger partial charge in [-0.1, -0.05) is 60.3 Å². The second-order valence-electron chi connectivity index (χ2n) is 7.08. The Kier molecular flexibility index (Phi) is 4.64. The number of aromatic nitrogens is 3. The zero-order valence-electron chi connectivity index (χ0n) is 16.2. The SMILES string of the molecule is C[C@@H](Sc1nc2c([nH]c3ccccc32)c(=O)n1-c1ccc(F)cc1)c1ccccc1. The van der Waals surface area contributed by atoms with Crippen LogP contribution in [0.1, 0.15) is 17.7 Å². The molecule has 0 radical (unpaired) electrons. The zero-order valence-corrected chi connectivity index (χ0v) is 17.0. The summed E-state index contributed by atoms with van der Waals surface area (Å²) in [6.45, 7) is 2.08. The molecule has 1 N–H and O–H groups in total. The maximum atomic E-state index is 13.5. The summed E-state index contributed by atoms with van der Waals surface area (Å²) in [5.41, 5.74) is 3.47. The molecule has 148 valence electrons. The van der Waals surface area contributed by atoms with Gasteiger partial charge < -0.3 is 4.98 Å². The van der Waals surface area contributed by atoms with Gasteiger partial charge in [0.2, 0.25) is 0 Å². The molecule has 3 aromatic carbocycles. The number of halogens is 1. The predicted octanol–water partition coefficient (Wildman–Crippen LogP) is 5.86. The molecule has 0 spiro atoms. The second-order valence-corrected chi connectivity index (χ2v) is 8.38. The van der Waals surface area contributed by atoms with Crippen LogP contribution in [0.4, 0.5) is 4.39 Å². The van der Waals surface area contributed by atoms with Crippen molar-refractivity contribution in [3.8, 4) is 5.69 Å². The average Bonchev–Trinajstić information content (AvgIpc) is 3.15. The minimum absolute atomic E-state index is 0.0763. The molecule has 0 amide bonds. The molecule has 30 heavy (non-hydrogen) atoms. The molecule has 1 atom stereocenters. The molecule has 5 rings (SSSR count). The Balaban J connectivity index is 1.75. The third-order valence-electron chi connectivity index (χ3n) is 5.13. The molecular formula is C24H18FN3OS. The van der Waals surface area contributed by atoms with Crippen molar-refractivity contribution in [2.24, 2.45) is 0 Å². The minimum atomic E-state index is -0.349. The highest BCUT2D eigenvalue weighted by Crippen LogP contribution is 2.35. The largest absolute Gasteiger partial charge is 0.349 e. The Bertz CT molecular complexity index is 1410. The Labute approximate surface area is 176 Å². The molecule has 0 bridgehead atoms. The third-order valence-corrected chi connectivity index (χ3v) is 6.24. The molecule has 0 saturated heterocycles. The monoisotopic (exact) mass is 415 g/mol. The summed E-state index contributed by atoms with van der Waals surface area (Å²) >= 11 is 1.51. The molecule has 0 aliphatic rings. The molecule has 0 aliphatic heterocycles. The average molecular weight is 415 g/mol. The molecule has 6 heteroatoms. The summed E-state index contributed by atoms with van der Waals surface area (Å²) in [5.74, 6) is -0.349. The number of hydrogen-bond acceptors (Lipinski definition) is 3. The second kappa shape index (κ2) is 7.46. The van der Waals surface area contributed by atoms with E-state index in [1.54, 1.807) is 16.7 Å².